The van der Waals surface area contributed by atoms with E-state index >= 15 is 0 Å². The minimum atomic E-state index is 0.589. The second kappa shape index (κ2) is 3.18. The Morgan fingerprint density at radius 2 is 2.14 bits per heavy atom. The third-order valence-corrected chi connectivity index (χ3v) is 2.38. The van der Waals surface area contributed by atoms with E-state index in [-0.39, 0.29) is 0 Å². The highest BCUT2D eigenvalue weighted by Crippen LogP contribution is 2.28. The van der Waals surface area contributed by atoms with Crippen LogP contribution in [0.1, 0.15) is 10.4 Å². The van der Waals surface area contributed by atoms with Crippen molar-refractivity contribution >= 4 is 17.2 Å². The van der Waals surface area contributed by atoms with Gasteiger partial charge in [-0.1, -0.05) is 0 Å². The molecule has 3 nitrogen and oxygen atoms in total. The summed E-state index contributed by atoms with van der Waals surface area (Å²) in [7, 11) is 3.54. The van der Waals surface area contributed by atoms with Crippen LogP contribution in [0.5, 0.6) is 5.75 Å². The quantitative estimate of drug-likeness (QED) is 0.676. The molecule has 1 heterocycles. The topological polar surface area (TPSA) is 31.2 Å². The number of hydrogen-bond acceptors (Lipinski definition) is 2. The fourth-order valence-electron chi connectivity index (χ4n) is 1.66. The first-order valence-corrected chi connectivity index (χ1v) is 4.35. The standard InChI is InChI=1S/C11H11NO2/c1-12-6-5-9-10(12)4-3-8(7-13)11(9)14-2/h3-7H,1-2H3. The summed E-state index contributed by atoms with van der Waals surface area (Å²) in [5, 5.41) is 0.972. The number of carbonyl (C=O) groups excluding carboxylic acids is 1. The van der Waals surface area contributed by atoms with Gasteiger partial charge in [-0.3, -0.25) is 4.79 Å². The minimum Gasteiger partial charge on any atom is -0.495 e. The maximum absolute atomic E-state index is 10.7. The van der Waals surface area contributed by atoms with E-state index in [1.165, 1.54) is 0 Å². The van der Waals surface area contributed by atoms with Gasteiger partial charge in [0.25, 0.3) is 0 Å². The lowest BCUT2D eigenvalue weighted by Gasteiger charge is -2.05. The maximum atomic E-state index is 10.7. The second-order valence-corrected chi connectivity index (χ2v) is 3.17. The van der Waals surface area contributed by atoms with Crippen LogP contribution in [0, 0.1) is 0 Å². The Kier molecular flexibility index (Phi) is 2.00. The third-order valence-electron chi connectivity index (χ3n) is 2.38. The van der Waals surface area contributed by atoms with E-state index in [1.807, 2.05) is 29.9 Å². The first-order valence-electron chi connectivity index (χ1n) is 4.35. The summed E-state index contributed by atoms with van der Waals surface area (Å²) >= 11 is 0. The summed E-state index contributed by atoms with van der Waals surface area (Å²) in [6.07, 6.45) is 2.76. The van der Waals surface area contributed by atoms with Gasteiger partial charge in [-0.05, 0) is 18.2 Å². The molecule has 0 spiro atoms. The highest BCUT2D eigenvalue weighted by Gasteiger charge is 2.08. The molecule has 3 heteroatoms. The summed E-state index contributed by atoms with van der Waals surface area (Å²) in [4.78, 5) is 10.7. The first-order chi connectivity index (χ1) is 6.77. The van der Waals surface area contributed by atoms with Gasteiger partial charge in [0.05, 0.1) is 18.2 Å². The fourth-order valence-corrected chi connectivity index (χ4v) is 1.66. The molecule has 2 aromatic rings. The van der Waals surface area contributed by atoms with E-state index in [0.29, 0.717) is 11.3 Å². The van der Waals surface area contributed by atoms with Crippen LogP contribution in [-0.2, 0) is 7.05 Å². The monoisotopic (exact) mass is 189 g/mol. The van der Waals surface area contributed by atoms with Gasteiger partial charge in [0.15, 0.2) is 6.29 Å². The first kappa shape index (κ1) is 8.81. The number of rotatable bonds is 2. The molecule has 0 aliphatic carbocycles. The van der Waals surface area contributed by atoms with E-state index < -0.39 is 0 Å². The van der Waals surface area contributed by atoms with Crippen LogP contribution in [0.25, 0.3) is 10.9 Å². The zero-order chi connectivity index (χ0) is 10.1. The lowest BCUT2D eigenvalue weighted by atomic mass is 10.1. The van der Waals surface area contributed by atoms with Crippen LogP contribution in [0.4, 0.5) is 0 Å². The largest absolute Gasteiger partial charge is 0.495 e. The SMILES string of the molecule is COc1c(C=O)ccc2c1ccn2C. The Morgan fingerprint density at radius 3 is 2.79 bits per heavy atom. The smallest absolute Gasteiger partial charge is 0.153 e. The Labute approximate surface area is 81.9 Å². The van der Waals surface area contributed by atoms with Crippen molar-refractivity contribution in [2.45, 2.75) is 0 Å². The fraction of sp³-hybridized carbons (Fsp3) is 0.182. The van der Waals surface area contributed by atoms with Gasteiger partial charge in [-0.25, -0.2) is 0 Å². The molecule has 0 fully saturated rings. The summed E-state index contributed by atoms with van der Waals surface area (Å²) < 4.78 is 7.21. The van der Waals surface area contributed by atoms with E-state index in [9.17, 15) is 4.79 Å². The number of nitrogens with zero attached hydrogens (tertiary/aromatic N) is 1. The summed E-state index contributed by atoms with van der Waals surface area (Å²) in [5.74, 6) is 0.651. The Balaban J connectivity index is 2.84. The maximum Gasteiger partial charge on any atom is 0.153 e. The summed E-state index contributed by atoms with van der Waals surface area (Å²) in [6.45, 7) is 0. The molecule has 0 saturated carbocycles. The van der Waals surface area contributed by atoms with Crippen LogP contribution in [-0.4, -0.2) is 18.0 Å². The van der Waals surface area contributed by atoms with Crippen molar-refractivity contribution in [1.82, 2.24) is 4.57 Å². The lowest BCUT2D eigenvalue weighted by Crippen LogP contribution is -1.92. The van der Waals surface area contributed by atoms with Crippen molar-refractivity contribution in [3.63, 3.8) is 0 Å². The molecule has 14 heavy (non-hydrogen) atoms. The molecule has 1 aromatic carbocycles. The van der Waals surface area contributed by atoms with Gasteiger partial charge in [-0.2, -0.15) is 0 Å². The van der Waals surface area contributed by atoms with Crippen molar-refractivity contribution in [1.29, 1.82) is 0 Å². The van der Waals surface area contributed by atoms with E-state index in [0.717, 1.165) is 17.2 Å². The highest BCUT2D eigenvalue weighted by molar-refractivity contribution is 5.95. The number of aldehydes is 1. The molecule has 0 unspecified atom stereocenters. The average molecular weight is 189 g/mol. The molecule has 0 aliphatic heterocycles. The van der Waals surface area contributed by atoms with Gasteiger partial charge in [0, 0.05) is 18.6 Å². The number of benzene rings is 1. The van der Waals surface area contributed by atoms with Crippen LogP contribution in [0.3, 0.4) is 0 Å². The Hall–Kier alpha value is -1.77. The van der Waals surface area contributed by atoms with Crippen molar-refractivity contribution in [2.75, 3.05) is 7.11 Å². The van der Waals surface area contributed by atoms with E-state index in [1.54, 1.807) is 13.2 Å². The van der Waals surface area contributed by atoms with Gasteiger partial charge in [-0.15, -0.1) is 0 Å². The van der Waals surface area contributed by atoms with E-state index in [2.05, 4.69) is 0 Å². The number of methoxy groups -OCH3 is 1. The highest BCUT2D eigenvalue weighted by atomic mass is 16.5. The Bertz CT molecular complexity index is 485. The normalized spacial score (nSPS) is 10.4. The number of ether oxygens (including phenoxy) is 1. The molecule has 0 radical (unpaired) electrons. The number of hydrogen-bond donors (Lipinski definition) is 0. The number of carbonyl (C=O) groups is 1. The zero-order valence-electron chi connectivity index (χ0n) is 8.15. The minimum absolute atomic E-state index is 0.589. The van der Waals surface area contributed by atoms with Crippen LogP contribution in [0.2, 0.25) is 0 Å². The van der Waals surface area contributed by atoms with Gasteiger partial charge in [0.2, 0.25) is 0 Å². The van der Waals surface area contributed by atoms with Crippen molar-refractivity contribution in [3.05, 3.63) is 30.0 Å². The number of aromatic nitrogens is 1. The molecule has 0 aliphatic rings. The number of aryl methyl sites for hydroxylation is 1. The number of fused-ring (bicyclic) bond motifs is 1. The molecule has 0 saturated heterocycles. The molecular formula is C11H11NO2. The lowest BCUT2D eigenvalue weighted by molar-refractivity contribution is 0.112. The molecular weight excluding hydrogens is 178 g/mol. The van der Waals surface area contributed by atoms with Gasteiger partial charge < -0.3 is 9.30 Å². The molecule has 0 atom stereocenters. The third kappa shape index (κ3) is 1.09. The summed E-state index contributed by atoms with van der Waals surface area (Å²) in [6, 6.07) is 5.64. The van der Waals surface area contributed by atoms with Crippen molar-refractivity contribution in [2.24, 2.45) is 7.05 Å². The predicted molar refractivity (Wildman–Crippen MR) is 54.9 cm³/mol. The van der Waals surface area contributed by atoms with Crippen LogP contribution < -0.4 is 4.74 Å². The van der Waals surface area contributed by atoms with E-state index in [4.69, 9.17) is 4.74 Å². The predicted octanol–water partition coefficient (Wildman–Crippen LogP) is 2.00. The van der Waals surface area contributed by atoms with Crippen LogP contribution >= 0.6 is 0 Å². The van der Waals surface area contributed by atoms with Gasteiger partial charge in [0.1, 0.15) is 5.75 Å². The Morgan fingerprint density at radius 1 is 1.36 bits per heavy atom. The molecule has 0 amide bonds. The molecule has 0 N–H and O–H groups in total. The molecule has 72 valence electrons. The molecule has 1 aromatic heterocycles. The zero-order valence-corrected chi connectivity index (χ0v) is 8.15. The average Bonchev–Trinajstić information content (AvgIpc) is 2.59. The molecule has 0 bridgehead atoms. The summed E-state index contributed by atoms with van der Waals surface area (Å²) in [5.41, 5.74) is 1.65. The second-order valence-electron chi connectivity index (χ2n) is 3.17. The van der Waals surface area contributed by atoms with Crippen molar-refractivity contribution in [3.8, 4) is 5.75 Å². The molecule has 2 rings (SSSR count). The van der Waals surface area contributed by atoms with Gasteiger partial charge >= 0.3 is 0 Å². The van der Waals surface area contributed by atoms with Crippen LogP contribution in [0.15, 0.2) is 24.4 Å². The van der Waals surface area contributed by atoms with Crippen molar-refractivity contribution < 1.29 is 9.53 Å².